The van der Waals surface area contributed by atoms with Crippen molar-refractivity contribution < 1.29 is 9.90 Å². The van der Waals surface area contributed by atoms with Gasteiger partial charge in [0.25, 0.3) is 0 Å². The largest absolute Gasteiger partial charge is 0.481 e. The second kappa shape index (κ2) is 10.4. The Morgan fingerprint density at radius 1 is 1.16 bits per heavy atom. The number of hydrogen-bond donors (Lipinski definition) is 1. The van der Waals surface area contributed by atoms with E-state index in [-0.39, 0.29) is 6.42 Å². The lowest BCUT2D eigenvalue weighted by molar-refractivity contribution is -0.137. The first-order chi connectivity index (χ1) is 12.1. The van der Waals surface area contributed by atoms with Crippen molar-refractivity contribution in [3.05, 3.63) is 57.3 Å². The molecule has 3 nitrogen and oxygen atoms in total. The van der Waals surface area contributed by atoms with Gasteiger partial charge < -0.3 is 5.11 Å². The minimum atomic E-state index is -0.735. The third kappa shape index (κ3) is 7.41. The molecule has 0 unspecified atom stereocenters. The number of rotatable bonds is 11. The van der Waals surface area contributed by atoms with Gasteiger partial charge in [0.15, 0.2) is 0 Å². The minimum absolute atomic E-state index is 0.181. The van der Waals surface area contributed by atoms with Crippen LogP contribution in [0.3, 0.4) is 0 Å². The molecule has 0 aliphatic rings. The summed E-state index contributed by atoms with van der Waals surface area (Å²) in [5, 5.41) is 11.2. The molecule has 2 aromatic rings. The Labute approximate surface area is 155 Å². The third-order valence-corrected chi connectivity index (χ3v) is 5.31. The third-order valence-electron chi connectivity index (χ3n) is 4.27. The van der Waals surface area contributed by atoms with Crippen molar-refractivity contribution in [3.63, 3.8) is 0 Å². The second-order valence-corrected chi connectivity index (χ2v) is 7.72. The molecule has 0 saturated heterocycles. The van der Waals surface area contributed by atoms with Gasteiger partial charge in [-0.1, -0.05) is 44.0 Å². The Hall–Kier alpha value is -1.65. The highest BCUT2D eigenvalue weighted by molar-refractivity contribution is 7.10. The Morgan fingerprint density at radius 3 is 2.64 bits per heavy atom. The van der Waals surface area contributed by atoms with E-state index in [1.807, 2.05) is 0 Å². The first-order valence-electron chi connectivity index (χ1n) is 9.12. The summed E-state index contributed by atoms with van der Waals surface area (Å²) in [7, 11) is 0. The average molecular weight is 360 g/mol. The van der Waals surface area contributed by atoms with Gasteiger partial charge in [-0.05, 0) is 47.9 Å². The zero-order valence-corrected chi connectivity index (χ0v) is 16.1. The number of carbonyl (C=O) groups is 1. The summed E-state index contributed by atoms with van der Waals surface area (Å²) in [6, 6.07) is 10.9. The molecule has 0 spiro atoms. The smallest absolute Gasteiger partial charge is 0.304 e. The minimum Gasteiger partial charge on any atom is -0.481 e. The lowest BCUT2D eigenvalue weighted by Crippen LogP contribution is -2.25. The van der Waals surface area contributed by atoms with Crippen molar-refractivity contribution in [3.8, 4) is 0 Å². The summed E-state index contributed by atoms with van der Waals surface area (Å²) in [5.74, 6) is -0.735. The summed E-state index contributed by atoms with van der Waals surface area (Å²) in [5.41, 5.74) is 3.93. The zero-order valence-electron chi connectivity index (χ0n) is 15.3. The highest BCUT2D eigenvalue weighted by Crippen LogP contribution is 2.18. The molecular weight excluding hydrogens is 330 g/mol. The molecule has 0 bridgehead atoms. The molecule has 0 aliphatic carbocycles. The van der Waals surface area contributed by atoms with Gasteiger partial charge in [0.1, 0.15) is 0 Å². The first kappa shape index (κ1) is 19.7. The van der Waals surface area contributed by atoms with Gasteiger partial charge in [-0.2, -0.15) is 0 Å². The van der Waals surface area contributed by atoms with E-state index in [0.717, 1.165) is 19.5 Å². The maximum atomic E-state index is 11.0. The Balaban J connectivity index is 2.01. The zero-order chi connectivity index (χ0) is 18.1. The summed E-state index contributed by atoms with van der Waals surface area (Å²) in [6.07, 6.45) is 5.05. The molecule has 136 valence electrons. The number of hydrogen-bond acceptors (Lipinski definition) is 3. The summed E-state index contributed by atoms with van der Waals surface area (Å²) in [4.78, 5) is 14.5. The standard InChI is InChI=1S/C21H29NO2S/c1-3-4-5-7-18-8-6-9-19(13-18)14-22(11-10-21(23)24)15-20-12-17(2)16-25-20/h6,8-9,12-13,16H,3-5,7,10-11,14-15H2,1-2H3,(H,23,24). The monoisotopic (exact) mass is 359 g/mol. The van der Waals surface area contributed by atoms with Crippen molar-refractivity contribution in [2.45, 2.75) is 59.0 Å². The fourth-order valence-electron chi connectivity index (χ4n) is 2.98. The van der Waals surface area contributed by atoms with Gasteiger partial charge in [-0.3, -0.25) is 9.69 Å². The van der Waals surface area contributed by atoms with Crippen molar-refractivity contribution >= 4 is 17.3 Å². The number of unbranched alkanes of at least 4 members (excludes halogenated alkanes) is 2. The molecule has 1 N–H and O–H groups in total. The number of aliphatic carboxylic acids is 1. The van der Waals surface area contributed by atoms with E-state index in [1.54, 1.807) is 11.3 Å². The van der Waals surface area contributed by atoms with Crippen molar-refractivity contribution in [2.75, 3.05) is 6.54 Å². The van der Waals surface area contributed by atoms with Gasteiger partial charge in [-0.25, -0.2) is 0 Å². The number of aryl methyl sites for hydroxylation is 2. The number of benzene rings is 1. The second-order valence-electron chi connectivity index (χ2n) is 6.72. The molecule has 25 heavy (non-hydrogen) atoms. The molecule has 4 heteroatoms. The quantitative estimate of drug-likeness (QED) is 0.556. The van der Waals surface area contributed by atoms with Crippen LogP contribution in [0.15, 0.2) is 35.7 Å². The topological polar surface area (TPSA) is 40.5 Å². The lowest BCUT2D eigenvalue weighted by atomic mass is 10.0. The normalized spacial score (nSPS) is 11.2. The molecular formula is C21H29NO2S. The van der Waals surface area contributed by atoms with Gasteiger partial charge in [0.05, 0.1) is 6.42 Å². The number of carboxylic acids is 1. The van der Waals surface area contributed by atoms with E-state index in [4.69, 9.17) is 5.11 Å². The molecule has 1 aromatic heterocycles. The maximum absolute atomic E-state index is 11.0. The lowest BCUT2D eigenvalue weighted by Gasteiger charge is -2.21. The molecule has 1 aromatic carbocycles. The van der Waals surface area contributed by atoms with E-state index in [2.05, 4.69) is 54.5 Å². The SMILES string of the molecule is CCCCCc1cccc(CN(CCC(=O)O)Cc2cc(C)cs2)c1. The van der Waals surface area contributed by atoms with Crippen LogP contribution in [0.5, 0.6) is 0 Å². The molecule has 0 atom stereocenters. The number of thiophene rings is 1. The van der Waals surface area contributed by atoms with Crippen LogP contribution >= 0.6 is 11.3 Å². The fraction of sp³-hybridized carbons (Fsp3) is 0.476. The summed E-state index contributed by atoms with van der Waals surface area (Å²) in [6.45, 7) is 6.51. The highest BCUT2D eigenvalue weighted by atomic mass is 32.1. The van der Waals surface area contributed by atoms with E-state index < -0.39 is 5.97 Å². The predicted molar refractivity (Wildman–Crippen MR) is 105 cm³/mol. The van der Waals surface area contributed by atoms with Crippen LogP contribution in [-0.4, -0.2) is 22.5 Å². The summed E-state index contributed by atoms with van der Waals surface area (Å²) < 4.78 is 0. The first-order valence-corrected chi connectivity index (χ1v) is 10.0. The van der Waals surface area contributed by atoms with Crippen molar-refractivity contribution in [1.29, 1.82) is 0 Å². The van der Waals surface area contributed by atoms with Crippen LogP contribution in [0.2, 0.25) is 0 Å². The van der Waals surface area contributed by atoms with Crippen LogP contribution < -0.4 is 0 Å². The van der Waals surface area contributed by atoms with Gasteiger partial charge in [0, 0.05) is 24.5 Å². The number of nitrogens with zero attached hydrogens (tertiary/aromatic N) is 1. The van der Waals surface area contributed by atoms with Crippen LogP contribution in [0.4, 0.5) is 0 Å². The Bertz CT molecular complexity index is 665. The van der Waals surface area contributed by atoms with Crippen LogP contribution in [0.25, 0.3) is 0 Å². The molecule has 2 rings (SSSR count). The van der Waals surface area contributed by atoms with Gasteiger partial charge in [0.2, 0.25) is 0 Å². The maximum Gasteiger partial charge on any atom is 0.304 e. The van der Waals surface area contributed by atoms with Crippen LogP contribution in [0.1, 0.15) is 54.2 Å². The molecule has 0 saturated carbocycles. The van der Waals surface area contributed by atoms with E-state index in [1.165, 1.54) is 40.8 Å². The van der Waals surface area contributed by atoms with Gasteiger partial charge in [-0.15, -0.1) is 11.3 Å². The molecule has 0 aliphatic heterocycles. The summed E-state index contributed by atoms with van der Waals surface area (Å²) >= 11 is 1.75. The Morgan fingerprint density at radius 2 is 1.96 bits per heavy atom. The van der Waals surface area contributed by atoms with Crippen molar-refractivity contribution in [1.82, 2.24) is 4.90 Å². The fourth-order valence-corrected chi connectivity index (χ4v) is 3.90. The molecule has 0 amide bonds. The van der Waals surface area contributed by atoms with Crippen LogP contribution in [-0.2, 0) is 24.3 Å². The Kier molecular flexibility index (Phi) is 8.16. The average Bonchev–Trinajstić information content (AvgIpc) is 2.98. The molecule has 1 heterocycles. The van der Waals surface area contributed by atoms with E-state index in [9.17, 15) is 4.79 Å². The number of carboxylic acid groups (broad SMARTS) is 1. The molecule has 0 radical (unpaired) electrons. The predicted octanol–water partition coefficient (Wildman–Crippen LogP) is 5.27. The van der Waals surface area contributed by atoms with E-state index in [0.29, 0.717) is 6.54 Å². The van der Waals surface area contributed by atoms with E-state index >= 15 is 0 Å². The van der Waals surface area contributed by atoms with Crippen LogP contribution in [0, 0.1) is 6.92 Å². The molecule has 0 fully saturated rings. The highest BCUT2D eigenvalue weighted by Gasteiger charge is 2.11. The van der Waals surface area contributed by atoms with Gasteiger partial charge >= 0.3 is 5.97 Å². The van der Waals surface area contributed by atoms with Crippen molar-refractivity contribution in [2.24, 2.45) is 0 Å².